The Morgan fingerprint density at radius 3 is 2.00 bits per heavy atom. The molecule has 1 N–H and O–H groups in total. The standard InChI is InChI=1S/C8H8O3S.Mg/c1-2-7-3-5-8(6-4-7)12(9,10)11;/h2-6H,1H2,(H,9,10,11);. The minimum atomic E-state index is -4.06. The average molecular weight is 209 g/mol. The molecule has 0 aliphatic rings. The van der Waals surface area contributed by atoms with Crippen LogP contribution in [0.5, 0.6) is 0 Å². The second-order valence-electron chi connectivity index (χ2n) is 2.25. The molecular formula is C8H8MgO3S. The molecule has 0 bridgehead atoms. The molecule has 1 rings (SSSR count). The van der Waals surface area contributed by atoms with Gasteiger partial charge < -0.3 is 0 Å². The maximum Gasteiger partial charge on any atom is 0.294 e. The van der Waals surface area contributed by atoms with Crippen LogP contribution in [-0.4, -0.2) is 36.0 Å². The number of hydrogen-bond acceptors (Lipinski definition) is 2. The fourth-order valence-corrected chi connectivity index (χ4v) is 1.26. The molecule has 0 unspecified atom stereocenters. The molecule has 0 aliphatic carbocycles. The third kappa shape index (κ3) is 3.47. The molecule has 1 aromatic carbocycles. The van der Waals surface area contributed by atoms with E-state index in [2.05, 4.69) is 6.58 Å². The van der Waals surface area contributed by atoms with Gasteiger partial charge in [-0.2, -0.15) is 8.42 Å². The monoisotopic (exact) mass is 208 g/mol. The van der Waals surface area contributed by atoms with Crippen LogP contribution in [0.3, 0.4) is 0 Å². The fourth-order valence-electron chi connectivity index (χ4n) is 0.776. The van der Waals surface area contributed by atoms with Gasteiger partial charge in [0.2, 0.25) is 0 Å². The van der Waals surface area contributed by atoms with Crippen molar-refractivity contribution in [1.29, 1.82) is 0 Å². The van der Waals surface area contributed by atoms with Gasteiger partial charge >= 0.3 is 0 Å². The highest BCUT2D eigenvalue weighted by atomic mass is 32.2. The van der Waals surface area contributed by atoms with Gasteiger partial charge in [-0.3, -0.25) is 4.55 Å². The van der Waals surface area contributed by atoms with Gasteiger partial charge in [0.25, 0.3) is 10.1 Å². The molecule has 0 saturated carbocycles. The van der Waals surface area contributed by atoms with E-state index in [-0.39, 0.29) is 27.9 Å². The van der Waals surface area contributed by atoms with Gasteiger partial charge in [-0.05, 0) is 17.7 Å². The van der Waals surface area contributed by atoms with Crippen LogP contribution in [0.4, 0.5) is 0 Å². The Hall–Kier alpha value is -0.364. The van der Waals surface area contributed by atoms with E-state index >= 15 is 0 Å². The molecule has 0 fully saturated rings. The molecule has 2 radical (unpaired) electrons. The Bertz CT molecular complexity index is 380. The number of rotatable bonds is 2. The summed E-state index contributed by atoms with van der Waals surface area (Å²) in [7, 11) is -4.06. The Labute approximate surface area is 93.4 Å². The summed E-state index contributed by atoms with van der Waals surface area (Å²) in [6.07, 6.45) is 1.59. The number of benzene rings is 1. The Morgan fingerprint density at radius 1 is 1.23 bits per heavy atom. The van der Waals surface area contributed by atoms with Crippen LogP contribution >= 0.6 is 0 Å². The molecule has 0 atom stereocenters. The van der Waals surface area contributed by atoms with Gasteiger partial charge in [0.1, 0.15) is 0 Å². The van der Waals surface area contributed by atoms with Crippen LogP contribution in [0, 0.1) is 0 Å². The normalized spacial score (nSPS) is 10.2. The molecule has 0 aromatic heterocycles. The first-order chi connectivity index (χ1) is 5.54. The lowest BCUT2D eigenvalue weighted by atomic mass is 10.2. The van der Waals surface area contributed by atoms with E-state index in [4.69, 9.17) is 4.55 Å². The van der Waals surface area contributed by atoms with Gasteiger partial charge in [0, 0.05) is 23.1 Å². The van der Waals surface area contributed by atoms with E-state index in [1.165, 1.54) is 12.1 Å². The molecule has 1 aromatic rings. The van der Waals surface area contributed by atoms with E-state index in [9.17, 15) is 8.42 Å². The third-order valence-electron chi connectivity index (χ3n) is 1.41. The summed E-state index contributed by atoms with van der Waals surface area (Å²) in [6.45, 7) is 3.51. The van der Waals surface area contributed by atoms with Crippen LogP contribution in [0.2, 0.25) is 0 Å². The Morgan fingerprint density at radius 2 is 1.69 bits per heavy atom. The second-order valence-corrected chi connectivity index (χ2v) is 3.67. The van der Waals surface area contributed by atoms with Crippen molar-refractivity contribution < 1.29 is 13.0 Å². The Kier molecular flexibility index (Phi) is 4.62. The highest BCUT2D eigenvalue weighted by Crippen LogP contribution is 2.10. The summed E-state index contributed by atoms with van der Waals surface area (Å²) in [5.74, 6) is 0. The highest BCUT2D eigenvalue weighted by molar-refractivity contribution is 7.85. The molecule has 13 heavy (non-hydrogen) atoms. The van der Waals surface area contributed by atoms with Crippen molar-refractivity contribution in [2.75, 3.05) is 0 Å². The molecule has 0 amide bonds. The van der Waals surface area contributed by atoms with E-state index in [0.717, 1.165) is 5.56 Å². The van der Waals surface area contributed by atoms with Gasteiger partial charge in [-0.25, -0.2) is 0 Å². The van der Waals surface area contributed by atoms with Crippen LogP contribution in [0.25, 0.3) is 6.08 Å². The van der Waals surface area contributed by atoms with Gasteiger partial charge in [-0.1, -0.05) is 24.8 Å². The summed E-state index contributed by atoms with van der Waals surface area (Å²) in [5.41, 5.74) is 0.808. The van der Waals surface area contributed by atoms with Crippen LogP contribution < -0.4 is 0 Å². The lowest BCUT2D eigenvalue weighted by Crippen LogP contribution is -1.96. The van der Waals surface area contributed by atoms with Crippen molar-refractivity contribution >= 4 is 39.2 Å². The van der Waals surface area contributed by atoms with E-state index in [0.29, 0.717) is 0 Å². The molecule has 66 valence electrons. The molecule has 0 saturated heterocycles. The van der Waals surface area contributed by atoms with Crippen LogP contribution in [0.1, 0.15) is 5.56 Å². The quantitative estimate of drug-likeness (QED) is 0.587. The van der Waals surface area contributed by atoms with Crippen molar-refractivity contribution in [3.05, 3.63) is 36.4 Å². The van der Waals surface area contributed by atoms with Crippen LogP contribution in [0.15, 0.2) is 35.7 Å². The minimum Gasteiger partial charge on any atom is -0.282 e. The van der Waals surface area contributed by atoms with Gasteiger partial charge in [0.15, 0.2) is 0 Å². The first-order valence-electron chi connectivity index (χ1n) is 3.24. The van der Waals surface area contributed by atoms with E-state index in [1.54, 1.807) is 18.2 Å². The zero-order valence-electron chi connectivity index (χ0n) is 6.97. The maximum absolute atomic E-state index is 10.6. The zero-order valence-corrected chi connectivity index (χ0v) is 9.20. The largest absolute Gasteiger partial charge is 0.294 e. The van der Waals surface area contributed by atoms with Crippen molar-refractivity contribution in [3.8, 4) is 0 Å². The summed E-state index contributed by atoms with van der Waals surface area (Å²) < 4.78 is 29.7. The van der Waals surface area contributed by atoms with Crippen LogP contribution in [-0.2, 0) is 10.1 Å². The average Bonchev–Trinajstić information content (AvgIpc) is 2.03. The topological polar surface area (TPSA) is 54.4 Å². The summed E-state index contributed by atoms with van der Waals surface area (Å²) >= 11 is 0. The first-order valence-corrected chi connectivity index (χ1v) is 4.68. The Balaban J connectivity index is 0.00000144. The molecule has 0 heterocycles. The molecular weight excluding hydrogens is 200 g/mol. The van der Waals surface area contributed by atoms with Crippen molar-refractivity contribution in [2.45, 2.75) is 4.90 Å². The lowest BCUT2D eigenvalue weighted by Gasteiger charge is -1.96. The van der Waals surface area contributed by atoms with Crippen molar-refractivity contribution in [3.63, 3.8) is 0 Å². The van der Waals surface area contributed by atoms with Crippen molar-refractivity contribution in [2.24, 2.45) is 0 Å². The molecule has 0 spiro atoms. The predicted octanol–water partition coefficient (Wildman–Crippen LogP) is 1.20. The van der Waals surface area contributed by atoms with E-state index < -0.39 is 10.1 Å². The lowest BCUT2D eigenvalue weighted by molar-refractivity contribution is 0.483. The summed E-state index contributed by atoms with van der Waals surface area (Å²) in [5, 5.41) is 0. The molecule has 0 aliphatic heterocycles. The zero-order chi connectivity index (χ0) is 9.19. The van der Waals surface area contributed by atoms with Crippen molar-refractivity contribution in [1.82, 2.24) is 0 Å². The van der Waals surface area contributed by atoms with Gasteiger partial charge in [0.05, 0.1) is 4.90 Å². The second kappa shape index (κ2) is 4.76. The first kappa shape index (κ1) is 12.6. The number of hydrogen-bond donors (Lipinski definition) is 1. The minimum absolute atomic E-state index is 0. The SMILES string of the molecule is C=Cc1ccc(S(=O)(=O)O)cc1.[Mg]. The maximum atomic E-state index is 10.6. The molecule has 5 heteroatoms. The summed E-state index contributed by atoms with van der Waals surface area (Å²) in [6, 6.07) is 5.78. The van der Waals surface area contributed by atoms with E-state index in [1.807, 2.05) is 0 Å². The fraction of sp³-hybridized carbons (Fsp3) is 0. The molecule has 3 nitrogen and oxygen atoms in total. The predicted molar refractivity (Wildman–Crippen MR) is 52.1 cm³/mol. The van der Waals surface area contributed by atoms with Gasteiger partial charge in [-0.15, -0.1) is 0 Å². The smallest absolute Gasteiger partial charge is 0.282 e. The highest BCUT2D eigenvalue weighted by Gasteiger charge is 2.07. The third-order valence-corrected chi connectivity index (χ3v) is 2.28. The summed E-state index contributed by atoms with van der Waals surface area (Å²) in [4.78, 5) is -0.104.